The van der Waals surface area contributed by atoms with Crippen molar-refractivity contribution in [3.8, 4) is 0 Å². The van der Waals surface area contributed by atoms with Gasteiger partial charge in [0.05, 0.1) is 5.60 Å². The molecule has 0 amide bonds. The summed E-state index contributed by atoms with van der Waals surface area (Å²) in [7, 11) is 0. The molecule has 1 N–H and O–H groups in total. The Morgan fingerprint density at radius 2 is 1.80 bits per heavy atom. The summed E-state index contributed by atoms with van der Waals surface area (Å²) in [6.45, 7) is 1.95. The molecule has 0 aromatic heterocycles. The molecule has 1 saturated carbocycles. The van der Waals surface area contributed by atoms with Gasteiger partial charge in [-0.3, -0.25) is 0 Å². The minimum Gasteiger partial charge on any atom is -0.385 e. The highest BCUT2D eigenvalue weighted by Crippen LogP contribution is 2.36. The van der Waals surface area contributed by atoms with E-state index in [2.05, 4.69) is 0 Å². The molecule has 1 unspecified atom stereocenters. The van der Waals surface area contributed by atoms with Gasteiger partial charge >= 0.3 is 0 Å². The van der Waals surface area contributed by atoms with E-state index in [0.29, 0.717) is 0 Å². The smallest absolute Gasteiger partial charge is 0.0871 e. The predicted molar refractivity (Wildman–Crippen MR) is 62.6 cm³/mol. The molecule has 82 valence electrons. The number of aliphatic hydroxyl groups is 1. The molecule has 0 radical (unpaired) electrons. The molecule has 1 aromatic rings. The van der Waals surface area contributed by atoms with Gasteiger partial charge in [-0.2, -0.15) is 0 Å². The fourth-order valence-electron chi connectivity index (χ4n) is 2.69. The zero-order chi connectivity index (χ0) is 10.7. The average molecular weight is 204 g/mol. The van der Waals surface area contributed by atoms with Gasteiger partial charge in [-0.15, -0.1) is 0 Å². The molecule has 1 aliphatic carbocycles. The number of hydrogen-bond donors (Lipinski definition) is 1. The van der Waals surface area contributed by atoms with Crippen LogP contribution in [0, 0.1) is 5.92 Å². The van der Waals surface area contributed by atoms with Crippen molar-refractivity contribution in [3.63, 3.8) is 0 Å². The highest BCUT2D eigenvalue weighted by molar-refractivity contribution is 5.21. The maximum Gasteiger partial charge on any atom is 0.0871 e. The first-order valence-electron chi connectivity index (χ1n) is 5.96. The second-order valence-electron chi connectivity index (χ2n) is 4.99. The Labute approximate surface area is 92.1 Å². The highest BCUT2D eigenvalue weighted by Gasteiger charge is 2.28. The molecule has 15 heavy (non-hydrogen) atoms. The van der Waals surface area contributed by atoms with Crippen molar-refractivity contribution in [1.29, 1.82) is 0 Å². The fraction of sp³-hybridized carbons (Fsp3) is 0.571. The van der Waals surface area contributed by atoms with Gasteiger partial charge in [0, 0.05) is 0 Å². The molecule has 0 heterocycles. The lowest BCUT2D eigenvalue weighted by Gasteiger charge is -2.27. The Kier molecular flexibility index (Phi) is 3.11. The van der Waals surface area contributed by atoms with Crippen LogP contribution >= 0.6 is 0 Å². The minimum absolute atomic E-state index is 0.643. The lowest BCUT2D eigenvalue weighted by molar-refractivity contribution is 0.0308. The van der Waals surface area contributed by atoms with Crippen LogP contribution in [0.25, 0.3) is 0 Å². The number of benzene rings is 1. The monoisotopic (exact) mass is 204 g/mol. The van der Waals surface area contributed by atoms with Crippen molar-refractivity contribution in [2.45, 2.75) is 44.6 Å². The van der Waals surface area contributed by atoms with Crippen LogP contribution in [-0.4, -0.2) is 5.11 Å². The van der Waals surface area contributed by atoms with Gasteiger partial charge in [0.1, 0.15) is 0 Å². The second kappa shape index (κ2) is 4.36. The van der Waals surface area contributed by atoms with Gasteiger partial charge in [-0.05, 0) is 24.8 Å². The summed E-state index contributed by atoms with van der Waals surface area (Å²) in [6.07, 6.45) is 6.19. The third-order valence-corrected chi connectivity index (χ3v) is 3.56. The maximum atomic E-state index is 10.4. The van der Waals surface area contributed by atoms with Crippen LogP contribution in [0.4, 0.5) is 0 Å². The van der Waals surface area contributed by atoms with Gasteiger partial charge in [0.15, 0.2) is 0 Å². The molecule has 0 saturated heterocycles. The van der Waals surface area contributed by atoms with E-state index in [0.717, 1.165) is 17.9 Å². The normalized spacial score (nSPS) is 21.5. The van der Waals surface area contributed by atoms with Gasteiger partial charge in [0.2, 0.25) is 0 Å². The standard InChI is InChI=1S/C14H20O/c1-14(15,11-12-7-5-6-8-12)13-9-3-2-4-10-13/h2-4,9-10,12,15H,5-8,11H2,1H3. The SMILES string of the molecule is CC(O)(CC1CCCC1)c1ccccc1. The van der Waals surface area contributed by atoms with Crippen LogP contribution in [-0.2, 0) is 5.60 Å². The minimum atomic E-state index is -0.643. The first-order chi connectivity index (χ1) is 7.18. The largest absolute Gasteiger partial charge is 0.385 e. The Morgan fingerprint density at radius 3 is 2.40 bits per heavy atom. The second-order valence-corrected chi connectivity index (χ2v) is 4.99. The number of hydrogen-bond acceptors (Lipinski definition) is 1. The van der Waals surface area contributed by atoms with Crippen molar-refractivity contribution in [3.05, 3.63) is 35.9 Å². The van der Waals surface area contributed by atoms with E-state index in [-0.39, 0.29) is 0 Å². The van der Waals surface area contributed by atoms with E-state index in [1.165, 1.54) is 25.7 Å². The summed E-state index contributed by atoms with van der Waals surface area (Å²) >= 11 is 0. The molecule has 1 aliphatic rings. The van der Waals surface area contributed by atoms with Gasteiger partial charge in [0.25, 0.3) is 0 Å². The lowest BCUT2D eigenvalue weighted by atomic mass is 9.85. The van der Waals surface area contributed by atoms with Crippen molar-refractivity contribution in [1.82, 2.24) is 0 Å². The van der Waals surface area contributed by atoms with Crippen LogP contribution in [0.5, 0.6) is 0 Å². The number of rotatable bonds is 3. The highest BCUT2D eigenvalue weighted by atomic mass is 16.3. The molecule has 0 aliphatic heterocycles. The first-order valence-corrected chi connectivity index (χ1v) is 5.96. The van der Waals surface area contributed by atoms with Crippen LogP contribution in [0.3, 0.4) is 0 Å². The van der Waals surface area contributed by atoms with Crippen LogP contribution in [0.1, 0.15) is 44.6 Å². The van der Waals surface area contributed by atoms with Crippen molar-refractivity contribution < 1.29 is 5.11 Å². The molecule has 1 aromatic carbocycles. The van der Waals surface area contributed by atoms with E-state index in [9.17, 15) is 5.11 Å². The summed E-state index contributed by atoms with van der Waals surface area (Å²) in [5.74, 6) is 0.722. The van der Waals surface area contributed by atoms with Crippen LogP contribution in [0.2, 0.25) is 0 Å². The van der Waals surface area contributed by atoms with E-state index < -0.39 is 5.60 Å². The van der Waals surface area contributed by atoms with Gasteiger partial charge in [-0.25, -0.2) is 0 Å². The first kappa shape index (κ1) is 10.7. The molecular weight excluding hydrogens is 184 g/mol. The van der Waals surface area contributed by atoms with Gasteiger partial charge < -0.3 is 5.11 Å². The maximum absolute atomic E-state index is 10.4. The van der Waals surface area contributed by atoms with Gasteiger partial charge in [-0.1, -0.05) is 56.0 Å². The molecule has 2 rings (SSSR count). The summed E-state index contributed by atoms with van der Waals surface area (Å²) in [5, 5.41) is 10.4. The Hall–Kier alpha value is -0.820. The zero-order valence-corrected chi connectivity index (χ0v) is 9.45. The van der Waals surface area contributed by atoms with E-state index in [4.69, 9.17) is 0 Å². The summed E-state index contributed by atoms with van der Waals surface area (Å²) in [5.41, 5.74) is 0.410. The molecule has 1 heteroatoms. The molecule has 0 bridgehead atoms. The van der Waals surface area contributed by atoms with Crippen LogP contribution in [0.15, 0.2) is 30.3 Å². The van der Waals surface area contributed by atoms with Crippen molar-refractivity contribution in [2.24, 2.45) is 5.92 Å². The molecule has 0 spiro atoms. The summed E-state index contributed by atoms with van der Waals surface area (Å²) < 4.78 is 0. The van der Waals surface area contributed by atoms with E-state index >= 15 is 0 Å². The zero-order valence-electron chi connectivity index (χ0n) is 9.45. The Morgan fingerprint density at radius 1 is 1.20 bits per heavy atom. The van der Waals surface area contributed by atoms with E-state index in [1.54, 1.807) is 0 Å². The average Bonchev–Trinajstić information content (AvgIpc) is 2.71. The third kappa shape index (κ3) is 2.60. The summed E-state index contributed by atoms with van der Waals surface area (Å²) in [6, 6.07) is 10.0. The van der Waals surface area contributed by atoms with E-state index in [1.807, 2.05) is 37.3 Å². The molecular formula is C14H20O. The topological polar surface area (TPSA) is 20.2 Å². The third-order valence-electron chi connectivity index (χ3n) is 3.56. The predicted octanol–water partition coefficient (Wildman–Crippen LogP) is 3.47. The Balaban J connectivity index is 2.05. The van der Waals surface area contributed by atoms with Crippen molar-refractivity contribution >= 4 is 0 Å². The molecule has 1 nitrogen and oxygen atoms in total. The summed E-state index contributed by atoms with van der Waals surface area (Å²) in [4.78, 5) is 0. The van der Waals surface area contributed by atoms with Crippen LogP contribution < -0.4 is 0 Å². The molecule has 1 fully saturated rings. The lowest BCUT2D eigenvalue weighted by Crippen LogP contribution is -2.24. The van der Waals surface area contributed by atoms with Crippen molar-refractivity contribution in [2.75, 3.05) is 0 Å². The Bertz CT molecular complexity index is 296. The fourth-order valence-corrected chi connectivity index (χ4v) is 2.69. The quantitative estimate of drug-likeness (QED) is 0.799. The molecule has 1 atom stereocenters.